The molecule has 25 heavy (non-hydrogen) atoms. The van der Waals surface area contributed by atoms with Crippen molar-refractivity contribution in [1.82, 2.24) is 4.98 Å². The molecule has 0 saturated heterocycles. The minimum Gasteiger partial charge on any atom is -0.398 e. The first kappa shape index (κ1) is 16.1. The van der Waals surface area contributed by atoms with Gasteiger partial charge in [-0.25, -0.2) is 4.39 Å². The van der Waals surface area contributed by atoms with Crippen LogP contribution < -0.4 is 11.1 Å². The average Bonchev–Trinajstić information content (AvgIpc) is 2.64. The summed E-state index contributed by atoms with van der Waals surface area (Å²) in [6, 6.07) is 14.4. The number of nitrogens with zero attached hydrogens (tertiary/aromatic N) is 2. The van der Waals surface area contributed by atoms with Gasteiger partial charge in [0.2, 0.25) is 0 Å². The van der Waals surface area contributed by atoms with Crippen LogP contribution in [-0.2, 0) is 0 Å². The minimum absolute atomic E-state index is 0.253. The maximum Gasteiger partial charge on any atom is 0.125 e. The Morgan fingerprint density at radius 2 is 1.88 bits per heavy atom. The number of rotatable bonds is 4. The average molecular weight is 331 g/mol. The van der Waals surface area contributed by atoms with Crippen LogP contribution >= 0.6 is 0 Å². The Kier molecular flexibility index (Phi) is 4.40. The molecule has 4 N–H and O–H groups in total. The summed E-state index contributed by atoms with van der Waals surface area (Å²) in [5.74, 6) is -0.443. The highest BCUT2D eigenvalue weighted by atomic mass is 19.1. The third-order valence-corrected chi connectivity index (χ3v) is 3.67. The smallest absolute Gasteiger partial charge is 0.125 e. The first-order chi connectivity index (χ1) is 12.1. The molecule has 0 saturated carbocycles. The molecular weight excluding hydrogens is 317 g/mol. The Morgan fingerprint density at radius 1 is 1.12 bits per heavy atom. The summed E-state index contributed by atoms with van der Waals surface area (Å²) in [6.07, 6.45) is 3.21. The Morgan fingerprint density at radius 3 is 2.60 bits per heavy atom. The molecule has 0 amide bonds. The quantitative estimate of drug-likeness (QED) is 0.500. The zero-order valence-electron chi connectivity index (χ0n) is 13.1. The maximum absolute atomic E-state index is 13.5. The Bertz CT molecular complexity index is 977. The Hall–Kier alpha value is -3.72. The lowest BCUT2D eigenvalue weighted by Crippen LogP contribution is -2.06. The molecule has 2 aromatic carbocycles. The van der Waals surface area contributed by atoms with E-state index < -0.39 is 5.82 Å². The van der Waals surface area contributed by atoms with Gasteiger partial charge in [-0.1, -0.05) is 0 Å². The number of halogens is 1. The molecule has 3 rings (SSSR count). The van der Waals surface area contributed by atoms with E-state index >= 15 is 0 Å². The van der Waals surface area contributed by atoms with Crippen LogP contribution in [-0.4, -0.2) is 10.7 Å². The van der Waals surface area contributed by atoms with Crippen LogP contribution in [0.2, 0.25) is 0 Å². The van der Waals surface area contributed by atoms with E-state index in [9.17, 15) is 4.39 Å². The lowest BCUT2D eigenvalue weighted by Gasteiger charge is -2.13. The van der Waals surface area contributed by atoms with Crippen molar-refractivity contribution in [3.8, 4) is 6.07 Å². The van der Waals surface area contributed by atoms with Gasteiger partial charge in [0.25, 0.3) is 0 Å². The number of hydrogen-bond donors (Lipinski definition) is 3. The highest BCUT2D eigenvalue weighted by Crippen LogP contribution is 2.26. The number of nitrogens with one attached hydrogen (secondary N) is 2. The lowest BCUT2D eigenvalue weighted by atomic mass is 10.0. The van der Waals surface area contributed by atoms with Crippen LogP contribution in [0, 0.1) is 22.6 Å². The molecule has 6 heteroatoms. The van der Waals surface area contributed by atoms with Gasteiger partial charge in [-0.3, -0.25) is 10.4 Å². The van der Waals surface area contributed by atoms with Crippen molar-refractivity contribution in [3.05, 3.63) is 83.4 Å². The monoisotopic (exact) mass is 331 g/mol. The van der Waals surface area contributed by atoms with Gasteiger partial charge in [0.1, 0.15) is 11.9 Å². The number of nitrogens with two attached hydrogens (primary N) is 1. The zero-order chi connectivity index (χ0) is 17.8. The highest BCUT2D eigenvalue weighted by Gasteiger charge is 2.11. The summed E-state index contributed by atoms with van der Waals surface area (Å²) in [4.78, 5) is 3.94. The second kappa shape index (κ2) is 6.81. The predicted octanol–water partition coefficient (Wildman–Crippen LogP) is 3.83. The molecule has 0 aliphatic carbocycles. The van der Waals surface area contributed by atoms with E-state index in [0.717, 1.165) is 0 Å². The van der Waals surface area contributed by atoms with Crippen molar-refractivity contribution >= 4 is 22.8 Å². The van der Waals surface area contributed by atoms with Crippen LogP contribution in [0.3, 0.4) is 0 Å². The van der Waals surface area contributed by atoms with Gasteiger partial charge in [0.05, 0.1) is 17.0 Å². The Labute approximate surface area is 144 Å². The second-order valence-corrected chi connectivity index (χ2v) is 5.34. The summed E-state index contributed by atoms with van der Waals surface area (Å²) in [5.41, 5.74) is 9.21. The first-order valence-electron chi connectivity index (χ1n) is 7.44. The van der Waals surface area contributed by atoms with Crippen molar-refractivity contribution in [2.75, 3.05) is 11.1 Å². The highest BCUT2D eigenvalue weighted by molar-refractivity contribution is 6.14. The molecule has 1 aromatic heterocycles. The van der Waals surface area contributed by atoms with Crippen LogP contribution in [0.25, 0.3) is 0 Å². The van der Waals surface area contributed by atoms with Crippen LogP contribution in [0.5, 0.6) is 0 Å². The van der Waals surface area contributed by atoms with E-state index in [1.165, 1.54) is 18.2 Å². The number of nitriles is 1. The molecule has 122 valence electrons. The molecule has 0 radical (unpaired) electrons. The van der Waals surface area contributed by atoms with E-state index in [-0.39, 0.29) is 5.71 Å². The van der Waals surface area contributed by atoms with Gasteiger partial charge in [-0.05, 0) is 48.5 Å². The summed E-state index contributed by atoms with van der Waals surface area (Å²) < 4.78 is 13.5. The van der Waals surface area contributed by atoms with Gasteiger partial charge in [0, 0.05) is 34.9 Å². The summed E-state index contributed by atoms with van der Waals surface area (Å²) in [7, 11) is 0. The van der Waals surface area contributed by atoms with Gasteiger partial charge < -0.3 is 11.1 Å². The van der Waals surface area contributed by atoms with Crippen LogP contribution in [0.1, 0.15) is 16.7 Å². The predicted molar refractivity (Wildman–Crippen MR) is 95.4 cm³/mol. The topological polar surface area (TPSA) is 98.6 Å². The van der Waals surface area contributed by atoms with Gasteiger partial charge in [-0.15, -0.1) is 0 Å². The summed E-state index contributed by atoms with van der Waals surface area (Å²) in [5, 5.41) is 20.5. The van der Waals surface area contributed by atoms with E-state index in [1.807, 2.05) is 6.07 Å². The minimum atomic E-state index is -0.443. The molecule has 0 atom stereocenters. The number of anilines is 3. The van der Waals surface area contributed by atoms with E-state index in [0.29, 0.717) is 33.8 Å². The normalized spacial score (nSPS) is 10.1. The largest absolute Gasteiger partial charge is 0.398 e. The molecule has 3 aromatic rings. The number of benzene rings is 2. The zero-order valence-corrected chi connectivity index (χ0v) is 13.1. The van der Waals surface area contributed by atoms with Crippen molar-refractivity contribution in [1.29, 1.82) is 10.7 Å². The summed E-state index contributed by atoms with van der Waals surface area (Å²) >= 11 is 0. The molecular formula is C19H14FN5. The fraction of sp³-hybridized carbons (Fsp3) is 0. The second-order valence-electron chi connectivity index (χ2n) is 5.34. The molecule has 5 nitrogen and oxygen atoms in total. The van der Waals surface area contributed by atoms with Crippen molar-refractivity contribution in [3.63, 3.8) is 0 Å². The van der Waals surface area contributed by atoms with Gasteiger partial charge >= 0.3 is 0 Å². The Balaban J connectivity index is 1.97. The van der Waals surface area contributed by atoms with E-state index in [1.54, 1.807) is 42.7 Å². The van der Waals surface area contributed by atoms with Crippen molar-refractivity contribution in [2.45, 2.75) is 0 Å². The molecule has 0 aliphatic heterocycles. The number of pyridine rings is 1. The first-order valence-corrected chi connectivity index (χ1v) is 7.44. The van der Waals surface area contributed by atoms with Crippen molar-refractivity contribution < 1.29 is 4.39 Å². The van der Waals surface area contributed by atoms with Crippen LogP contribution in [0.4, 0.5) is 21.5 Å². The van der Waals surface area contributed by atoms with E-state index in [4.69, 9.17) is 16.4 Å². The summed E-state index contributed by atoms with van der Waals surface area (Å²) in [6.45, 7) is 0. The SMILES string of the molecule is N#Cc1ccc(F)cc1Nc1ccc(N)c(C(=N)c2ccncc2)c1. The lowest BCUT2D eigenvalue weighted by molar-refractivity contribution is 0.628. The van der Waals surface area contributed by atoms with Crippen LogP contribution in [0.15, 0.2) is 60.9 Å². The van der Waals surface area contributed by atoms with Gasteiger partial charge in [-0.2, -0.15) is 5.26 Å². The fourth-order valence-electron chi connectivity index (χ4n) is 2.40. The number of nitrogen functional groups attached to an aromatic ring is 1. The molecule has 1 heterocycles. The van der Waals surface area contributed by atoms with E-state index in [2.05, 4.69) is 10.3 Å². The molecule has 0 unspecified atom stereocenters. The third-order valence-electron chi connectivity index (χ3n) is 3.67. The standard InChI is InChI=1S/C19H14FN5/c20-14-2-1-13(11-21)18(9-14)25-15-3-4-17(22)16(10-15)19(23)12-5-7-24-8-6-12/h1-10,23,25H,22H2. The fourth-order valence-corrected chi connectivity index (χ4v) is 2.40. The maximum atomic E-state index is 13.5. The molecule has 0 spiro atoms. The number of hydrogen-bond acceptors (Lipinski definition) is 5. The molecule has 0 fully saturated rings. The van der Waals surface area contributed by atoms with Gasteiger partial charge in [0.15, 0.2) is 0 Å². The number of aromatic nitrogens is 1. The molecule has 0 bridgehead atoms. The molecule has 0 aliphatic rings. The van der Waals surface area contributed by atoms with Crippen molar-refractivity contribution in [2.24, 2.45) is 0 Å². The third kappa shape index (κ3) is 3.46.